The fourth-order valence-corrected chi connectivity index (χ4v) is 2.69. The van der Waals surface area contributed by atoms with Gasteiger partial charge in [-0.25, -0.2) is 0 Å². The first-order chi connectivity index (χ1) is 9.66. The molecule has 0 saturated carbocycles. The second-order valence-corrected chi connectivity index (χ2v) is 5.29. The molecule has 100 valence electrons. The van der Waals surface area contributed by atoms with Crippen molar-refractivity contribution in [2.75, 3.05) is 0 Å². The Balaban J connectivity index is 2.15. The predicted octanol–water partition coefficient (Wildman–Crippen LogP) is 3.98. The quantitative estimate of drug-likeness (QED) is 0.779. The average molecular weight is 304 g/mol. The van der Waals surface area contributed by atoms with Gasteiger partial charge in [0, 0.05) is 29.5 Å². The molecule has 0 bridgehead atoms. The zero-order valence-corrected chi connectivity index (χ0v) is 11.9. The summed E-state index contributed by atoms with van der Waals surface area (Å²) in [7, 11) is 0. The molecule has 0 aliphatic heterocycles. The van der Waals surface area contributed by atoms with Crippen LogP contribution in [-0.4, -0.2) is 9.97 Å². The van der Waals surface area contributed by atoms with Gasteiger partial charge in [-0.3, -0.25) is 9.97 Å². The van der Waals surface area contributed by atoms with Gasteiger partial charge in [-0.1, -0.05) is 47.5 Å². The number of rotatable bonds is 2. The van der Waals surface area contributed by atoms with E-state index in [1.165, 1.54) is 0 Å². The van der Waals surface area contributed by atoms with E-state index in [0.717, 1.165) is 16.3 Å². The standard InChI is InChI=1S/C15H11Cl2N3/c16-10-5-13(17)15(20-7-10)14(18)12-8-19-6-9-3-1-2-4-11(9)12/h1-8,14H,18H2. The van der Waals surface area contributed by atoms with Crippen LogP contribution >= 0.6 is 23.2 Å². The number of hydrogen-bond acceptors (Lipinski definition) is 3. The van der Waals surface area contributed by atoms with Gasteiger partial charge in [0.15, 0.2) is 0 Å². The third-order valence-electron chi connectivity index (χ3n) is 3.16. The summed E-state index contributed by atoms with van der Waals surface area (Å²) in [5, 5.41) is 3.02. The average Bonchev–Trinajstić information content (AvgIpc) is 2.46. The Morgan fingerprint density at radius 2 is 1.85 bits per heavy atom. The fraction of sp³-hybridized carbons (Fsp3) is 0.0667. The first-order valence-electron chi connectivity index (χ1n) is 6.06. The molecule has 0 fully saturated rings. The monoisotopic (exact) mass is 303 g/mol. The summed E-state index contributed by atoms with van der Waals surface area (Å²) in [6.45, 7) is 0. The highest BCUT2D eigenvalue weighted by molar-refractivity contribution is 6.34. The minimum absolute atomic E-state index is 0.446. The van der Waals surface area contributed by atoms with Crippen LogP contribution in [-0.2, 0) is 0 Å². The molecule has 0 radical (unpaired) electrons. The van der Waals surface area contributed by atoms with Crippen molar-refractivity contribution in [2.24, 2.45) is 5.73 Å². The number of fused-ring (bicyclic) bond motifs is 1. The van der Waals surface area contributed by atoms with E-state index in [1.807, 2.05) is 30.5 Å². The zero-order chi connectivity index (χ0) is 14.1. The number of pyridine rings is 2. The van der Waals surface area contributed by atoms with Crippen LogP contribution in [0.15, 0.2) is 48.9 Å². The number of halogens is 2. The van der Waals surface area contributed by atoms with Gasteiger partial charge in [0.1, 0.15) is 0 Å². The molecule has 0 aliphatic carbocycles. The second-order valence-electron chi connectivity index (χ2n) is 4.45. The molecule has 2 heterocycles. The molecule has 0 amide bonds. The summed E-state index contributed by atoms with van der Waals surface area (Å²) >= 11 is 12.0. The predicted molar refractivity (Wildman–Crippen MR) is 82.0 cm³/mol. The highest BCUT2D eigenvalue weighted by atomic mass is 35.5. The summed E-state index contributed by atoms with van der Waals surface area (Å²) in [4.78, 5) is 8.47. The number of aromatic nitrogens is 2. The Bertz CT molecular complexity index is 769. The van der Waals surface area contributed by atoms with Crippen molar-refractivity contribution in [3.8, 4) is 0 Å². The van der Waals surface area contributed by atoms with Crippen LogP contribution < -0.4 is 5.73 Å². The smallest absolute Gasteiger partial charge is 0.0804 e. The van der Waals surface area contributed by atoms with Crippen LogP contribution in [0.4, 0.5) is 0 Å². The molecule has 1 atom stereocenters. The third kappa shape index (κ3) is 2.36. The van der Waals surface area contributed by atoms with Crippen LogP contribution in [0.2, 0.25) is 10.0 Å². The van der Waals surface area contributed by atoms with E-state index < -0.39 is 6.04 Å². The maximum absolute atomic E-state index is 6.30. The Hall–Kier alpha value is -1.68. The fourth-order valence-electron chi connectivity index (χ4n) is 2.19. The number of hydrogen-bond donors (Lipinski definition) is 1. The lowest BCUT2D eigenvalue weighted by Gasteiger charge is -2.15. The van der Waals surface area contributed by atoms with Crippen molar-refractivity contribution in [1.29, 1.82) is 0 Å². The summed E-state index contributed by atoms with van der Waals surface area (Å²) in [6, 6.07) is 9.14. The molecule has 2 aromatic heterocycles. The van der Waals surface area contributed by atoms with Crippen LogP contribution in [0, 0.1) is 0 Å². The topological polar surface area (TPSA) is 51.8 Å². The van der Waals surface area contributed by atoms with Gasteiger partial charge < -0.3 is 5.73 Å². The summed E-state index contributed by atoms with van der Waals surface area (Å²) in [5.74, 6) is 0. The number of benzene rings is 1. The SMILES string of the molecule is NC(c1ncc(Cl)cc1Cl)c1cncc2ccccc12. The van der Waals surface area contributed by atoms with E-state index in [9.17, 15) is 0 Å². The summed E-state index contributed by atoms with van der Waals surface area (Å²) < 4.78 is 0. The van der Waals surface area contributed by atoms with Gasteiger partial charge in [-0.05, 0) is 11.5 Å². The van der Waals surface area contributed by atoms with Crippen LogP contribution in [0.25, 0.3) is 10.8 Å². The molecule has 3 aromatic rings. The minimum Gasteiger partial charge on any atom is -0.319 e. The van der Waals surface area contributed by atoms with Gasteiger partial charge in [-0.15, -0.1) is 0 Å². The summed E-state index contributed by atoms with van der Waals surface area (Å²) in [6.07, 6.45) is 5.10. The molecule has 1 aromatic carbocycles. The van der Waals surface area contributed by atoms with E-state index in [1.54, 1.807) is 18.5 Å². The molecular formula is C15H11Cl2N3. The second kappa shape index (κ2) is 5.37. The zero-order valence-electron chi connectivity index (χ0n) is 10.4. The van der Waals surface area contributed by atoms with Crippen LogP contribution in [0.5, 0.6) is 0 Å². The molecule has 1 unspecified atom stereocenters. The molecule has 3 nitrogen and oxygen atoms in total. The van der Waals surface area contributed by atoms with Gasteiger partial charge in [0.05, 0.1) is 21.8 Å². The van der Waals surface area contributed by atoms with Crippen molar-refractivity contribution in [2.45, 2.75) is 6.04 Å². The lowest BCUT2D eigenvalue weighted by atomic mass is 10.00. The Morgan fingerprint density at radius 1 is 1.05 bits per heavy atom. The van der Waals surface area contributed by atoms with Crippen molar-refractivity contribution in [3.63, 3.8) is 0 Å². The van der Waals surface area contributed by atoms with E-state index >= 15 is 0 Å². The molecule has 0 spiro atoms. The lowest BCUT2D eigenvalue weighted by Crippen LogP contribution is -2.15. The Labute approximate surface area is 126 Å². The van der Waals surface area contributed by atoms with Crippen molar-refractivity contribution < 1.29 is 0 Å². The first-order valence-corrected chi connectivity index (χ1v) is 6.81. The normalized spacial score (nSPS) is 12.6. The van der Waals surface area contributed by atoms with Crippen LogP contribution in [0.1, 0.15) is 17.3 Å². The molecule has 2 N–H and O–H groups in total. The molecule has 0 aliphatic rings. The number of nitrogens with zero attached hydrogens (tertiary/aromatic N) is 2. The van der Waals surface area contributed by atoms with Gasteiger partial charge in [-0.2, -0.15) is 0 Å². The first kappa shape index (κ1) is 13.3. The molecule has 5 heteroatoms. The highest BCUT2D eigenvalue weighted by Crippen LogP contribution is 2.30. The van der Waals surface area contributed by atoms with Gasteiger partial charge in [0.25, 0.3) is 0 Å². The Kier molecular flexibility index (Phi) is 3.57. The van der Waals surface area contributed by atoms with E-state index in [2.05, 4.69) is 9.97 Å². The molecule has 0 saturated heterocycles. The Morgan fingerprint density at radius 3 is 2.65 bits per heavy atom. The van der Waals surface area contributed by atoms with Gasteiger partial charge >= 0.3 is 0 Å². The van der Waals surface area contributed by atoms with Crippen LogP contribution in [0.3, 0.4) is 0 Å². The maximum atomic E-state index is 6.30. The van der Waals surface area contributed by atoms with E-state index in [0.29, 0.717) is 15.7 Å². The molecule has 3 rings (SSSR count). The molecule has 20 heavy (non-hydrogen) atoms. The summed E-state index contributed by atoms with van der Waals surface area (Å²) in [5.41, 5.74) is 7.78. The van der Waals surface area contributed by atoms with Gasteiger partial charge in [0.2, 0.25) is 0 Å². The lowest BCUT2D eigenvalue weighted by molar-refractivity contribution is 0.831. The third-order valence-corrected chi connectivity index (χ3v) is 3.67. The van der Waals surface area contributed by atoms with Crippen molar-refractivity contribution in [3.05, 3.63) is 70.2 Å². The maximum Gasteiger partial charge on any atom is 0.0804 e. The van der Waals surface area contributed by atoms with E-state index in [-0.39, 0.29) is 0 Å². The van der Waals surface area contributed by atoms with Crippen molar-refractivity contribution in [1.82, 2.24) is 9.97 Å². The minimum atomic E-state index is -0.446. The highest BCUT2D eigenvalue weighted by Gasteiger charge is 2.17. The molecular weight excluding hydrogens is 293 g/mol. The van der Waals surface area contributed by atoms with E-state index in [4.69, 9.17) is 28.9 Å². The van der Waals surface area contributed by atoms with Crippen molar-refractivity contribution >= 4 is 34.0 Å². The largest absolute Gasteiger partial charge is 0.319 e. The number of nitrogens with two attached hydrogens (primary N) is 1.